The Bertz CT molecular complexity index is 494. The Morgan fingerprint density at radius 3 is 2.38 bits per heavy atom. The first kappa shape index (κ1) is 11.1. The average Bonchev–Trinajstić information content (AvgIpc) is 2.64. The second kappa shape index (κ2) is 3.85. The van der Waals surface area contributed by atoms with Gasteiger partial charge in [-0.3, -0.25) is 0 Å². The SMILES string of the molecule is FC(F)(F)c1ccc(-c2cnc(Br)o2)nn1. The van der Waals surface area contributed by atoms with Gasteiger partial charge in [0.2, 0.25) is 0 Å². The fourth-order valence-electron chi connectivity index (χ4n) is 0.986. The van der Waals surface area contributed by atoms with Crippen molar-refractivity contribution in [3.05, 3.63) is 28.8 Å². The zero-order valence-corrected chi connectivity index (χ0v) is 9.08. The summed E-state index contributed by atoms with van der Waals surface area (Å²) < 4.78 is 41.6. The van der Waals surface area contributed by atoms with Gasteiger partial charge in [-0.2, -0.15) is 13.2 Å². The molecule has 0 unspecified atom stereocenters. The Kier molecular flexibility index (Phi) is 2.66. The fraction of sp³-hybridized carbons (Fsp3) is 0.125. The van der Waals surface area contributed by atoms with Gasteiger partial charge in [0.15, 0.2) is 11.5 Å². The third-order valence-electron chi connectivity index (χ3n) is 1.68. The molecule has 16 heavy (non-hydrogen) atoms. The van der Waals surface area contributed by atoms with E-state index in [0.29, 0.717) is 0 Å². The van der Waals surface area contributed by atoms with E-state index in [9.17, 15) is 13.2 Å². The van der Waals surface area contributed by atoms with Crippen LogP contribution in [0, 0.1) is 0 Å². The van der Waals surface area contributed by atoms with E-state index < -0.39 is 11.9 Å². The summed E-state index contributed by atoms with van der Waals surface area (Å²) in [5, 5.41) is 6.46. The van der Waals surface area contributed by atoms with E-state index in [4.69, 9.17) is 4.42 Å². The normalized spacial score (nSPS) is 11.8. The number of nitrogens with zero attached hydrogens (tertiary/aromatic N) is 3. The first-order valence-corrected chi connectivity index (χ1v) is 4.79. The molecule has 0 N–H and O–H groups in total. The van der Waals surface area contributed by atoms with Gasteiger partial charge in [-0.1, -0.05) is 0 Å². The summed E-state index contributed by atoms with van der Waals surface area (Å²) >= 11 is 2.97. The number of hydrogen-bond donors (Lipinski definition) is 0. The van der Waals surface area contributed by atoms with Crippen molar-refractivity contribution in [2.75, 3.05) is 0 Å². The van der Waals surface area contributed by atoms with Crippen molar-refractivity contribution < 1.29 is 17.6 Å². The van der Waals surface area contributed by atoms with Gasteiger partial charge in [-0.05, 0) is 12.1 Å². The molecular formula is C8H3BrF3N3O. The van der Waals surface area contributed by atoms with Gasteiger partial charge in [0.25, 0.3) is 4.80 Å². The molecule has 2 heterocycles. The smallest absolute Gasteiger partial charge is 0.429 e. The van der Waals surface area contributed by atoms with Crippen LogP contribution in [0.25, 0.3) is 11.5 Å². The lowest BCUT2D eigenvalue weighted by Gasteiger charge is -2.03. The highest BCUT2D eigenvalue weighted by Crippen LogP contribution is 2.28. The van der Waals surface area contributed by atoms with Gasteiger partial charge >= 0.3 is 6.18 Å². The summed E-state index contributed by atoms with van der Waals surface area (Å²) in [6.07, 6.45) is -3.16. The lowest BCUT2D eigenvalue weighted by molar-refractivity contribution is -0.141. The van der Waals surface area contributed by atoms with Gasteiger partial charge in [-0.15, -0.1) is 10.2 Å². The number of hydrogen-bond acceptors (Lipinski definition) is 4. The topological polar surface area (TPSA) is 51.8 Å². The fourth-order valence-corrected chi connectivity index (χ4v) is 1.26. The Balaban J connectivity index is 2.33. The van der Waals surface area contributed by atoms with Crippen LogP contribution in [0.4, 0.5) is 13.2 Å². The van der Waals surface area contributed by atoms with Crippen LogP contribution in [-0.4, -0.2) is 15.2 Å². The van der Waals surface area contributed by atoms with Crippen LogP contribution < -0.4 is 0 Å². The van der Waals surface area contributed by atoms with E-state index in [1.807, 2.05) is 0 Å². The molecule has 0 saturated heterocycles. The number of rotatable bonds is 1. The Hall–Kier alpha value is -1.44. The number of aromatic nitrogens is 3. The molecule has 0 fully saturated rings. The standard InChI is InChI=1S/C8H3BrF3N3O/c9-7-13-3-5(16-7)4-1-2-6(15-14-4)8(10,11)12/h1-3H. The van der Waals surface area contributed by atoms with Crippen molar-refractivity contribution in [1.29, 1.82) is 0 Å². The van der Waals surface area contributed by atoms with Gasteiger partial charge in [-0.25, -0.2) is 4.98 Å². The van der Waals surface area contributed by atoms with E-state index in [1.54, 1.807) is 0 Å². The van der Waals surface area contributed by atoms with Gasteiger partial charge < -0.3 is 4.42 Å². The molecule has 0 atom stereocenters. The van der Waals surface area contributed by atoms with Crippen LogP contribution in [-0.2, 0) is 6.18 Å². The van der Waals surface area contributed by atoms with Crippen LogP contribution >= 0.6 is 15.9 Å². The van der Waals surface area contributed by atoms with E-state index in [-0.39, 0.29) is 16.3 Å². The minimum atomic E-state index is -4.49. The van der Waals surface area contributed by atoms with Crippen LogP contribution in [0.5, 0.6) is 0 Å². The average molecular weight is 294 g/mol. The Morgan fingerprint density at radius 1 is 1.19 bits per heavy atom. The molecule has 0 bridgehead atoms. The quantitative estimate of drug-likeness (QED) is 0.811. The zero-order valence-electron chi connectivity index (χ0n) is 7.49. The maximum absolute atomic E-state index is 12.2. The monoisotopic (exact) mass is 293 g/mol. The minimum absolute atomic E-state index is 0.186. The van der Waals surface area contributed by atoms with Crippen molar-refractivity contribution in [3.8, 4) is 11.5 Å². The highest BCUT2D eigenvalue weighted by atomic mass is 79.9. The van der Waals surface area contributed by atoms with Crippen molar-refractivity contribution in [3.63, 3.8) is 0 Å². The van der Waals surface area contributed by atoms with Crippen LogP contribution in [0.3, 0.4) is 0 Å². The molecule has 0 spiro atoms. The summed E-state index contributed by atoms with van der Waals surface area (Å²) in [6, 6.07) is 2.00. The van der Waals surface area contributed by atoms with Crippen molar-refractivity contribution >= 4 is 15.9 Å². The number of alkyl halides is 3. The number of halogens is 4. The van der Waals surface area contributed by atoms with Crippen LogP contribution in [0.2, 0.25) is 0 Å². The molecule has 0 aliphatic rings. The van der Waals surface area contributed by atoms with E-state index >= 15 is 0 Å². The number of oxazole rings is 1. The molecule has 0 saturated carbocycles. The van der Waals surface area contributed by atoms with E-state index in [2.05, 4.69) is 31.1 Å². The summed E-state index contributed by atoms with van der Waals surface area (Å²) in [5.41, 5.74) is -0.860. The van der Waals surface area contributed by atoms with Crippen molar-refractivity contribution in [1.82, 2.24) is 15.2 Å². The molecule has 4 nitrogen and oxygen atoms in total. The molecule has 2 aromatic rings. The summed E-state index contributed by atoms with van der Waals surface area (Å²) in [4.78, 5) is 3.95. The molecule has 0 aliphatic carbocycles. The maximum atomic E-state index is 12.2. The van der Waals surface area contributed by atoms with Crippen molar-refractivity contribution in [2.45, 2.75) is 6.18 Å². The predicted octanol–water partition coefficient (Wildman–Crippen LogP) is 2.91. The third-order valence-corrected chi connectivity index (χ3v) is 2.05. The molecule has 84 valence electrons. The molecular weight excluding hydrogens is 291 g/mol. The molecule has 0 aromatic carbocycles. The molecule has 0 aliphatic heterocycles. The van der Waals surface area contributed by atoms with Gasteiger partial charge in [0.05, 0.1) is 6.20 Å². The summed E-state index contributed by atoms with van der Waals surface area (Å²) in [6.45, 7) is 0. The second-order valence-electron chi connectivity index (χ2n) is 2.78. The summed E-state index contributed by atoms with van der Waals surface area (Å²) in [5.74, 6) is 0.244. The molecule has 8 heteroatoms. The Labute approximate surface area is 95.6 Å². The lowest BCUT2D eigenvalue weighted by Crippen LogP contribution is -2.08. The van der Waals surface area contributed by atoms with Gasteiger partial charge in [0, 0.05) is 15.9 Å². The maximum Gasteiger partial charge on any atom is 0.435 e. The first-order chi connectivity index (χ1) is 7.47. The van der Waals surface area contributed by atoms with E-state index in [1.165, 1.54) is 12.3 Å². The summed E-state index contributed by atoms with van der Waals surface area (Å²) in [7, 11) is 0. The third kappa shape index (κ3) is 2.21. The molecule has 0 radical (unpaired) electrons. The Morgan fingerprint density at radius 2 is 1.94 bits per heavy atom. The highest BCUT2D eigenvalue weighted by Gasteiger charge is 2.33. The second-order valence-corrected chi connectivity index (χ2v) is 3.46. The lowest BCUT2D eigenvalue weighted by atomic mass is 10.3. The molecule has 2 rings (SSSR count). The zero-order chi connectivity index (χ0) is 11.8. The molecule has 0 amide bonds. The van der Waals surface area contributed by atoms with Gasteiger partial charge in [0.1, 0.15) is 5.69 Å². The minimum Gasteiger partial charge on any atom is -0.429 e. The largest absolute Gasteiger partial charge is 0.435 e. The predicted molar refractivity (Wildman–Crippen MR) is 50.2 cm³/mol. The van der Waals surface area contributed by atoms with Crippen LogP contribution in [0.15, 0.2) is 27.5 Å². The highest BCUT2D eigenvalue weighted by molar-refractivity contribution is 9.10. The van der Waals surface area contributed by atoms with Crippen molar-refractivity contribution in [2.24, 2.45) is 0 Å². The molecule has 2 aromatic heterocycles. The van der Waals surface area contributed by atoms with E-state index in [0.717, 1.165) is 6.07 Å². The van der Waals surface area contributed by atoms with Crippen LogP contribution in [0.1, 0.15) is 5.69 Å². The first-order valence-electron chi connectivity index (χ1n) is 3.99.